The molecule has 1 unspecified atom stereocenters. The third kappa shape index (κ3) is 3.75. The number of nitrogens with one attached hydrogen (secondary N) is 1. The number of hydrogen-bond donors (Lipinski definition) is 1. The minimum absolute atomic E-state index is 0.345. The minimum atomic E-state index is 0.345. The van der Waals surface area contributed by atoms with Gasteiger partial charge in [-0.3, -0.25) is 4.98 Å². The zero-order valence-electron chi connectivity index (χ0n) is 11.7. The number of aromatic nitrogens is 1. The summed E-state index contributed by atoms with van der Waals surface area (Å²) in [5, 5.41) is 4.56. The van der Waals surface area contributed by atoms with Gasteiger partial charge in [0.25, 0.3) is 0 Å². The molecule has 0 radical (unpaired) electrons. The number of hydrogen-bond acceptors (Lipinski definition) is 3. The number of nitrogens with zero attached hydrogens (tertiary/aromatic N) is 1. The smallest absolute Gasteiger partial charge is 0.0702 e. The highest BCUT2D eigenvalue weighted by Gasteiger charge is 2.09. The lowest BCUT2D eigenvalue weighted by atomic mass is 10.0. The normalized spacial score (nSPS) is 12.7. The molecule has 0 fully saturated rings. The first-order valence-corrected chi connectivity index (χ1v) is 6.95. The molecule has 3 nitrogen and oxygen atoms in total. The first kappa shape index (κ1) is 14.0. The molecule has 2 aromatic rings. The molecule has 0 saturated carbocycles. The second kappa shape index (κ2) is 7.22. The quantitative estimate of drug-likeness (QED) is 0.774. The number of benzene rings is 1. The van der Waals surface area contributed by atoms with E-state index < -0.39 is 0 Å². The Morgan fingerprint density at radius 2 is 2.16 bits per heavy atom. The van der Waals surface area contributed by atoms with Crippen molar-refractivity contribution in [3.63, 3.8) is 0 Å². The van der Waals surface area contributed by atoms with Crippen LogP contribution in [0.1, 0.15) is 31.4 Å². The van der Waals surface area contributed by atoms with Crippen molar-refractivity contribution in [3.05, 3.63) is 42.1 Å². The number of para-hydroxylation sites is 1. The molecule has 1 aromatic carbocycles. The van der Waals surface area contributed by atoms with Crippen LogP contribution in [0.4, 0.5) is 0 Å². The zero-order chi connectivity index (χ0) is 13.5. The maximum absolute atomic E-state index is 5.39. The maximum atomic E-state index is 5.39. The van der Waals surface area contributed by atoms with Crippen molar-refractivity contribution < 1.29 is 4.74 Å². The predicted octanol–water partition coefficient (Wildman–Crippen LogP) is 3.31. The van der Waals surface area contributed by atoms with Crippen LogP contribution < -0.4 is 5.32 Å². The van der Waals surface area contributed by atoms with E-state index in [1.165, 1.54) is 10.9 Å². The average Bonchev–Trinajstić information content (AvgIpc) is 2.47. The van der Waals surface area contributed by atoms with E-state index in [4.69, 9.17) is 4.74 Å². The Balaban J connectivity index is 2.07. The van der Waals surface area contributed by atoms with E-state index in [0.29, 0.717) is 6.04 Å². The summed E-state index contributed by atoms with van der Waals surface area (Å²) in [4.78, 5) is 4.52. The lowest BCUT2D eigenvalue weighted by molar-refractivity contribution is 0.141. The summed E-state index contributed by atoms with van der Waals surface area (Å²) in [7, 11) is 2.00. The SMILES string of the molecule is CCOCCCC(NC)c1cnc2ccccc2c1. The van der Waals surface area contributed by atoms with Crippen molar-refractivity contribution in [2.75, 3.05) is 20.3 Å². The molecule has 3 heteroatoms. The highest BCUT2D eigenvalue weighted by molar-refractivity contribution is 5.78. The van der Waals surface area contributed by atoms with E-state index in [1.54, 1.807) is 0 Å². The van der Waals surface area contributed by atoms with Gasteiger partial charge in [0, 0.05) is 30.8 Å². The molecule has 0 amide bonds. The second-order valence-corrected chi connectivity index (χ2v) is 4.64. The van der Waals surface area contributed by atoms with E-state index in [9.17, 15) is 0 Å². The lowest BCUT2D eigenvalue weighted by Gasteiger charge is -2.16. The Morgan fingerprint density at radius 3 is 2.95 bits per heavy atom. The summed E-state index contributed by atoms with van der Waals surface area (Å²) in [6, 6.07) is 10.8. The molecule has 0 saturated heterocycles. The van der Waals surface area contributed by atoms with Crippen LogP contribution in [0, 0.1) is 0 Å². The molecular weight excluding hydrogens is 236 g/mol. The third-order valence-corrected chi connectivity index (χ3v) is 3.35. The van der Waals surface area contributed by atoms with Gasteiger partial charge in [-0.25, -0.2) is 0 Å². The number of ether oxygens (including phenoxy) is 1. The van der Waals surface area contributed by atoms with Crippen LogP contribution in [0.15, 0.2) is 36.5 Å². The molecule has 2 rings (SSSR count). The van der Waals surface area contributed by atoms with E-state index >= 15 is 0 Å². The van der Waals surface area contributed by atoms with Crippen LogP contribution >= 0.6 is 0 Å². The van der Waals surface area contributed by atoms with Crippen molar-refractivity contribution in [3.8, 4) is 0 Å². The van der Waals surface area contributed by atoms with Gasteiger partial charge in [0.15, 0.2) is 0 Å². The fourth-order valence-electron chi connectivity index (χ4n) is 2.29. The van der Waals surface area contributed by atoms with Crippen molar-refractivity contribution in [2.45, 2.75) is 25.8 Å². The van der Waals surface area contributed by atoms with Gasteiger partial charge in [-0.05, 0) is 44.5 Å². The van der Waals surface area contributed by atoms with E-state index in [2.05, 4.69) is 28.5 Å². The van der Waals surface area contributed by atoms with Gasteiger partial charge in [-0.15, -0.1) is 0 Å². The summed E-state index contributed by atoms with van der Waals surface area (Å²) in [5.74, 6) is 0. The Labute approximate surface area is 115 Å². The Kier molecular flexibility index (Phi) is 5.31. The summed E-state index contributed by atoms with van der Waals surface area (Å²) in [6.07, 6.45) is 4.10. The molecule has 102 valence electrons. The van der Waals surface area contributed by atoms with Gasteiger partial charge in [0.1, 0.15) is 0 Å². The molecule has 0 bridgehead atoms. The Morgan fingerprint density at radius 1 is 1.32 bits per heavy atom. The van der Waals surface area contributed by atoms with Gasteiger partial charge in [-0.2, -0.15) is 0 Å². The van der Waals surface area contributed by atoms with Gasteiger partial charge in [0.05, 0.1) is 5.52 Å². The fourth-order valence-corrected chi connectivity index (χ4v) is 2.29. The minimum Gasteiger partial charge on any atom is -0.382 e. The topological polar surface area (TPSA) is 34.1 Å². The fraction of sp³-hybridized carbons (Fsp3) is 0.438. The van der Waals surface area contributed by atoms with Crippen molar-refractivity contribution in [1.82, 2.24) is 10.3 Å². The first-order chi connectivity index (χ1) is 9.35. The number of fused-ring (bicyclic) bond motifs is 1. The molecule has 0 spiro atoms. The van der Waals surface area contributed by atoms with Gasteiger partial charge >= 0.3 is 0 Å². The summed E-state index contributed by atoms with van der Waals surface area (Å²) < 4.78 is 5.39. The second-order valence-electron chi connectivity index (χ2n) is 4.64. The molecule has 0 aliphatic carbocycles. The van der Waals surface area contributed by atoms with Crippen LogP contribution in [0.2, 0.25) is 0 Å². The standard InChI is InChI=1S/C16H22N2O/c1-3-19-10-6-9-15(17-2)14-11-13-7-4-5-8-16(13)18-12-14/h4-5,7-8,11-12,15,17H,3,6,9-10H2,1-2H3. The molecule has 1 N–H and O–H groups in total. The van der Waals surface area contributed by atoms with E-state index in [-0.39, 0.29) is 0 Å². The summed E-state index contributed by atoms with van der Waals surface area (Å²) >= 11 is 0. The number of rotatable bonds is 7. The maximum Gasteiger partial charge on any atom is 0.0702 e. The van der Waals surface area contributed by atoms with E-state index in [0.717, 1.165) is 31.6 Å². The largest absolute Gasteiger partial charge is 0.382 e. The molecule has 0 aliphatic heterocycles. The summed E-state index contributed by atoms with van der Waals surface area (Å²) in [6.45, 7) is 3.65. The molecule has 1 aromatic heterocycles. The average molecular weight is 258 g/mol. The van der Waals surface area contributed by atoms with Crippen LogP contribution in [-0.2, 0) is 4.74 Å². The van der Waals surface area contributed by atoms with Crippen LogP contribution in [0.5, 0.6) is 0 Å². The predicted molar refractivity (Wildman–Crippen MR) is 79.3 cm³/mol. The van der Waals surface area contributed by atoms with Crippen molar-refractivity contribution in [2.24, 2.45) is 0 Å². The highest BCUT2D eigenvalue weighted by Crippen LogP contribution is 2.21. The number of pyridine rings is 1. The van der Waals surface area contributed by atoms with Gasteiger partial charge < -0.3 is 10.1 Å². The lowest BCUT2D eigenvalue weighted by Crippen LogP contribution is -2.17. The van der Waals surface area contributed by atoms with Crippen LogP contribution in [0.25, 0.3) is 10.9 Å². The van der Waals surface area contributed by atoms with Gasteiger partial charge in [-0.1, -0.05) is 18.2 Å². The third-order valence-electron chi connectivity index (χ3n) is 3.35. The first-order valence-electron chi connectivity index (χ1n) is 6.95. The van der Waals surface area contributed by atoms with Crippen molar-refractivity contribution >= 4 is 10.9 Å². The molecule has 0 aliphatic rings. The molecule has 19 heavy (non-hydrogen) atoms. The van der Waals surface area contributed by atoms with E-state index in [1.807, 2.05) is 32.3 Å². The molecule has 1 heterocycles. The Bertz CT molecular complexity index is 513. The monoisotopic (exact) mass is 258 g/mol. The highest BCUT2D eigenvalue weighted by atomic mass is 16.5. The molecule has 1 atom stereocenters. The molecular formula is C16H22N2O. The van der Waals surface area contributed by atoms with Crippen LogP contribution in [0.3, 0.4) is 0 Å². The van der Waals surface area contributed by atoms with Gasteiger partial charge in [0.2, 0.25) is 0 Å². The Hall–Kier alpha value is -1.45. The summed E-state index contributed by atoms with van der Waals surface area (Å²) in [5.41, 5.74) is 2.30. The van der Waals surface area contributed by atoms with Crippen LogP contribution in [-0.4, -0.2) is 25.2 Å². The van der Waals surface area contributed by atoms with Crippen molar-refractivity contribution in [1.29, 1.82) is 0 Å². The zero-order valence-corrected chi connectivity index (χ0v) is 11.7.